The monoisotopic (exact) mass is 433 g/mol. The predicted octanol–water partition coefficient (Wildman–Crippen LogP) is 4.69. The van der Waals surface area contributed by atoms with E-state index in [1.807, 2.05) is 35.9 Å². The molecule has 0 bridgehead atoms. The maximum absolute atomic E-state index is 11.7. The maximum atomic E-state index is 11.7. The highest BCUT2D eigenvalue weighted by molar-refractivity contribution is 5.68. The van der Waals surface area contributed by atoms with Gasteiger partial charge in [0.25, 0.3) is 0 Å². The second kappa shape index (κ2) is 10.0. The first-order valence-electron chi connectivity index (χ1n) is 11.4. The molecule has 0 spiro atoms. The molecule has 2 aromatic carbocycles. The number of hydrogen-bond acceptors (Lipinski definition) is 5. The summed E-state index contributed by atoms with van der Waals surface area (Å²) in [5.74, 6) is -0.110. The summed E-state index contributed by atoms with van der Waals surface area (Å²) < 4.78 is 1.96. The number of rotatable bonds is 8. The van der Waals surface area contributed by atoms with Crippen molar-refractivity contribution in [2.24, 2.45) is 0 Å². The molecular formula is C25H31N5O2. The van der Waals surface area contributed by atoms with Gasteiger partial charge in [0.05, 0.1) is 18.5 Å². The number of aryl methyl sites for hydroxylation is 2. The molecule has 0 aliphatic heterocycles. The number of aliphatic carboxylic acids is 1. The van der Waals surface area contributed by atoms with Crippen LogP contribution in [0.25, 0.3) is 0 Å². The smallest absolute Gasteiger partial charge is 0.305 e. The second-order valence-electron chi connectivity index (χ2n) is 8.84. The first-order chi connectivity index (χ1) is 15.5. The van der Waals surface area contributed by atoms with Crippen LogP contribution < -0.4 is 5.32 Å². The van der Waals surface area contributed by atoms with Gasteiger partial charge in [-0.15, -0.1) is 5.10 Å². The Morgan fingerprint density at radius 1 is 1.00 bits per heavy atom. The molecule has 1 aromatic heterocycles. The summed E-state index contributed by atoms with van der Waals surface area (Å²) in [6.45, 7) is 4.08. The van der Waals surface area contributed by atoms with E-state index in [2.05, 4.69) is 52.0 Å². The van der Waals surface area contributed by atoms with Crippen LogP contribution in [0.3, 0.4) is 0 Å². The van der Waals surface area contributed by atoms with Crippen molar-refractivity contribution >= 4 is 5.97 Å². The van der Waals surface area contributed by atoms with E-state index in [1.165, 1.54) is 24.8 Å². The van der Waals surface area contributed by atoms with Crippen LogP contribution in [-0.4, -0.2) is 31.3 Å². The van der Waals surface area contributed by atoms with E-state index in [4.69, 9.17) is 0 Å². The lowest BCUT2D eigenvalue weighted by Crippen LogP contribution is -2.32. The topological polar surface area (TPSA) is 92.9 Å². The molecule has 1 aliphatic carbocycles. The molecule has 2 atom stereocenters. The Morgan fingerprint density at radius 3 is 2.19 bits per heavy atom. The van der Waals surface area contributed by atoms with Crippen LogP contribution in [-0.2, 0) is 4.79 Å². The zero-order chi connectivity index (χ0) is 22.5. The molecule has 4 rings (SSSR count). The van der Waals surface area contributed by atoms with E-state index in [9.17, 15) is 9.90 Å². The lowest BCUT2D eigenvalue weighted by molar-refractivity contribution is -0.137. The first kappa shape index (κ1) is 22.1. The summed E-state index contributed by atoms with van der Waals surface area (Å²) in [6, 6.07) is 15.9. The van der Waals surface area contributed by atoms with E-state index in [0.717, 1.165) is 35.4 Å². The van der Waals surface area contributed by atoms with Crippen LogP contribution in [0.1, 0.15) is 84.7 Å². The molecule has 1 heterocycles. The van der Waals surface area contributed by atoms with Gasteiger partial charge in [0, 0.05) is 6.04 Å². The third kappa shape index (κ3) is 5.22. The number of hydrogen-bond donors (Lipinski definition) is 2. The number of carboxylic acid groups (broad SMARTS) is 1. The van der Waals surface area contributed by atoms with Crippen molar-refractivity contribution in [1.82, 2.24) is 25.5 Å². The number of aromatic nitrogens is 4. The summed E-state index contributed by atoms with van der Waals surface area (Å²) in [5.41, 5.74) is 4.26. The third-order valence-corrected chi connectivity index (χ3v) is 6.33. The molecule has 1 saturated carbocycles. The lowest BCUT2D eigenvalue weighted by Gasteiger charge is -2.28. The Morgan fingerprint density at radius 2 is 1.59 bits per heavy atom. The number of carbonyl (C=O) groups is 1. The lowest BCUT2D eigenvalue weighted by atomic mass is 9.94. The van der Waals surface area contributed by atoms with Gasteiger partial charge in [-0.25, -0.2) is 4.68 Å². The van der Waals surface area contributed by atoms with E-state index in [0.29, 0.717) is 0 Å². The minimum Gasteiger partial charge on any atom is -0.481 e. The van der Waals surface area contributed by atoms with Crippen LogP contribution >= 0.6 is 0 Å². The summed E-state index contributed by atoms with van der Waals surface area (Å²) in [5, 5.41) is 26.0. The molecule has 1 fully saturated rings. The van der Waals surface area contributed by atoms with Gasteiger partial charge < -0.3 is 5.11 Å². The van der Waals surface area contributed by atoms with Crippen molar-refractivity contribution < 1.29 is 9.90 Å². The highest BCUT2D eigenvalue weighted by Gasteiger charge is 2.29. The number of nitrogens with zero attached hydrogens (tertiary/aromatic N) is 4. The van der Waals surface area contributed by atoms with Gasteiger partial charge in [0.15, 0.2) is 5.82 Å². The van der Waals surface area contributed by atoms with Gasteiger partial charge in [-0.3, -0.25) is 10.1 Å². The number of nitrogens with one attached hydrogen (secondary N) is 1. The van der Waals surface area contributed by atoms with Crippen molar-refractivity contribution in [3.63, 3.8) is 0 Å². The van der Waals surface area contributed by atoms with Gasteiger partial charge in [-0.1, -0.05) is 78.9 Å². The molecular weight excluding hydrogens is 402 g/mol. The highest BCUT2D eigenvalue weighted by Crippen LogP contribution is 2.32. The van der Waals surface area contributed by atoms with Crippen molar-refractivity contribution in [2.45, 2.75) is 70.5 Å². The standard InChI is InChI=1S/C25H31N5O2/c1-17-8-12-19(13-9-17)22(16-23(31)32)26-24(20-14-10-18(2)11-15-20)25-27-28-29-30(25)21-6-4-3-5-7-21/h8-15,21-22,24,26H,3-7,16H2,1-2H3,(H,31,32). The average Bonchev–Trinajstić information content (AvgIpc) is 3.28. The minimum absolute atomic E-state index is 0.0313. The molecule has 7 nitrogen and oxygen atoms in total. The van der Waals surface area contributed by atoms with Crippen LogP contribution in [0.4, 0.5) is 0 Å². The van der Waals surface area contributed by atoms with Crippen LogP contribution in [0, 0.1) is 13.8 Å². The van der Waals surface area contributed by atoms with Crippen LogP contribution in [0.5, 0.6) is 0 Å². The number of carboxylic acids is 1. The summed E-state index contributed by atoms with van der Waals surface area (Å²) in [6.07, 6.45) is 5.71. The molecule has 2 N–H and O–H groups in total. The van der Waals surface area contributed by atoms with Gasteiger partial charge in [-0.2, -0.15) is 0 Å². The Balaban J connectivity index is 1.72. The molecule has 2 unspecified atom stereocenters. The van der Waals surface area contributed by atoms with Gasteiger partial charge in [0.1, 0.15) is 0 Å². The summed E-state index contributed by atoms with van der Waals surface area (Å²) in [4.78, 5) is 11.7. The van der Waals surface area contributed by atoms with Crippen molar-refractivity contribution in [2.75, 3.05) is 0 Å². The Kier molecular flexibility index (Phi) is 6.95. The highest BCUT2D eigenvalue weighted by atomic mass is 16.4. The van der Waals surface area contributed by atoms with Crippen molar-refractivity contribution in [1.29, 1.82) is 0 Å². The molecule has 7 heteroatoms. The molecule has 1 aliphatic rings. The zero-order valence-corrected chi connectivity index (χ0v) is 18.7. The molecule has 168 valence electrons. The molecule has 0 radical (unpaired) electrons. The fraction of sp³-hybridized carbons (Fsp3) is 0.440. The van der Waals surface area contributed by atoms with Gasteiger partial charge >= 0.3 is 5.97 Å². The van der Waals surface area contributed by atoms with Gasteiger partial charge in [-0.05, 0) is 48.2 Å². The quantitative estimate of drug-likeness (QED) is 0.535. The van der Waals surface area contributed by atoms with Crippen molar-refractivity contribution in [3.8, 4) is 0 Å². The Labute approximate surface area is 188 Å². The fourth-order valence-corrected chi connectivity index (χ4v) is 4.50. The second-order valence-corrected chi connectivity index (χ2v) is 8.84. The van der Waals surface area contributed by atoms with Crippen LogP contribution in [0.15, 0.2) is 48.5 Å². The molecule has 0 saturated heterocycles. The molecule has 32 heavy (non-hydrogen) atoms. The minimum atomic E-state index is -0.849. The van der Waals surface area contributed by atoms with Crippen LogP contribution in [0.2, 0.25) is 0 Å². The van der Waals surface area contributed by atoms with E-state index < -0.39 is 5.97 Å². The SMILES string of the molecule is Cc1ccc(C(CC(=O)O)NC(c2ccc(C)cc2)c2nnnn2C2CCCCC2)cc1. The summed E-state index contributed by atoms with van der Waals surface area (Å²) >= 11 is 0. The third-order valence-electron chi connectivity index (χ3n) is 6.33. The molecule has 3 aromatic rings. The zero-order valence-electron chi connectivity index (χ0n) is 18.7. The average molecular weight is 434 g/mol. The number of tetrazole rings is 1. The normalized spacial score (nSPS) is 16.6. The largest absolute Gasteiger partial charge is 0.481 e. The van der Waals surface area contributed by atoms with Crippen molar-refractivity contribution in [3.05, 3.63) is 76.6 Å². The predicted molar refractivity (Wildman–Crippen MR) is 122 cm³/mol. The summed E-state index contributed by atoms with van der Waals surface area (Å²) in [7, 11) is 0. The van der Waals surface area contributed by atoms with E-state index >= 15 is 0 Å². The molecule has 0 amide bonds. The number of benzene rings is 2. The fourth-order valence-electron chi connectivity index (χ4n) is 4.50. The Hall–Kier alpha value is -3.06. The van der Waals surface area contributed by atoms with Gasteiger partial charge in [0.2, 0.25) is 0 Å². The Bertz CT molecular complexity index is 1020. The van der Waals surface area contributed by atoms with E-state index in [-0.39, 0.29) is 24.5 Å². The van der Waals surface area contributed by atoms with E-state index in [1.54, 1.807) is 0 Å². The first-order valence-corrected chi connectivity index (χ1v) is 11.4. The maximum Gasteiger partial charge on any atom is 0.305 e.